The third-order valence-electron chi connectivity index (χ3n) is 8.14. The normalized spacial score (nSPS) is 54.6. The molecule has 0 heterocycles. The van der Waals surface area contributed by atoms with Crippen molar-refractivity contribution in [1.29, 1.82) is 0 Å². The van der Waals surface area contributed by atoms with E-state index in [4.69, 9.17) is 0 Å². The molecular formula is C19H28O3. The van der Waals surface area contributed by atoms with E-state index in [0.717, 1.165) is 38.5 Å². The van der Waals surface area contributed by atoms with Gasteiger partial charge in [-0.15, -0.1) is 0 Å². The smallest absolute Gasteiger partial charge is 0.139 e. The molecule has 3 heteroatoms. The van der Waals surface area contributed by atoms with Crippen molar-refractivity contribution in [3.63, 3.8) is 0 Å². The molecule has 0 spiro atoms. The lowest BCUT2D eigenvalue weighted by Gasteiger charge is -2.59. The predicted molar refractivity (Wildman–Crippen MR) is 83.1 cm³/mol. The van der Waals surface area contributed by atoms with Crippen LogP contribution in [0.4, 0.5) is 0 Å². The quantitative estimate of drug-likeness (QED) is 0.748. The fourth-order valence-electron chi connectivity index (χ4n) is 6.79. The van der Waals surface area contributed by atoms with Crippen molar-refractivity contribution >= 4 is 11.6 Å². The molecule has 0 aliphatic heterocycles. The number of aliphatic hydroxyl groups excluding tert-OH is 1. The second kappa shape index (κ2) is 4.66. The van der Waals surface area contributed by atoms with E-state index in [-0.39, 0.29) is 22.9 Å². The number of carbonyl (C=O) groups is 2. The largest absolute Gasteiger partial charge is 0.393 e. The van der Waals surface area contributed by atoms with Gasteiger partial charge in [0, 0.05) is 24.2 Å². The van der Waals surface area contributed by atoms with E-state index in [1.54, 1.807) is 0 Å². The molecule has 4 aliphatic rings. The Bertz CT molecular complexity index is 527. The molecular weight excluding hydrogens is 276 g/mol. The van der Waals surface area contributed by atoms with Crippen molar-refractivity contribution in [3.05, 3.63) is 0 Å². The molecule has 0 amide bonds. The van der Waals surface area contributed by atoms with E-state index >= 15 is 0 Å². The summed E-state index contributed by atoms with van der Waals surface area (Å²) in [4.78, 5) is 25.2. The standard InChI is InChI=1S/C19H28O3/c1-18-7-5-11(20)9-15(18)16(21)10-12-13-3-4-17(22)19(13,2)8-6-14(12)18/h11-15,20H,3-10H2,1-2H3. The molecule has 22 heavy (non-hydrogen) atoms. The van der Waals surface area contributed by atoms with E-state index in [1.807, 2.05) is 0 Å². The molecule has 0 radical (unpaired) electrons. The fraction of sp³-hybridized carbons (Fsp3) is 0.895. The van der Waals surface area contributed by atoms with Crippen LogP contribution in [0.15, 0.2) is 0 Å². The molecule has 122 valence electrons. The summed E-state index contributed by atoms with van der Waals surface area (Å²) in [6.07, 6.45) is 6.67. The first-order chi connectivity index (χ1) is 10.4. The molecule has 0 aromatic heterocycles. The lowest BCUT2D eigenvalue weighted by atomic mass is 9.45. The monoisotopic (exact) mass is 304 g/mol. The second-order valence-electron chi connectivity index (χ2n) is 8.95. The summed E-state index contributed by atoms with van der Waals surface area (Å²) in [7, 11) is 0. The maximum absolute atomic E-state index is 12.8. The van der Waals surface area contributed by atoms with Gasteiger partial charge in [0.2, 0.25) is 0 Å². The molecule has 4 fully saturated rings. The van der Waals surface area contributed by atoms with Crippen LogP contribution in [0.25, 0.3) is 0 Å². The van der Waals surface area contributed by atoms with Crippen LogP contribution in [-0.4, -0.2) is 22.8 Å². The van der Waals surface area contributed by atoms with Crippen molar-refractivity contribution in [1.82, 2.24) is 0 Å². The number of fused-ring (bicyclic) bond motifs is 5. The summed E-state index contributed by atoms with van der Waals surface area (Å²) >= 11 is 0. The van der Waals surface area contributed by atoms with Crippen LogP contribution >= 0.6 is 0 Å². The summed E-state index contributed by atoms with van der Waals surface area (Å²) in [5, 5.41) is 10.0. The Labute approximate surface area is 132 Å². The summed E-state index contributed by atoms with van der Waals surface area (Å²) < 4.78 is 0. The number of rotatable bonds is 0. The molecule has 1 N–H and O–H groups in total. The average Bonchev–Trinajstić information content (AvgIpc) is 2.77. The van der Waals surface area contributed by atoms with Crippen molar-refractivity contribution in [2.24, 2.45) is 34.5 Å². The fourth-order valence-corrected chi connectivity index (χ4v) is 6.79. The Hall–Kier alpha value is -0.700. The van der Waals surface area contributed by atoms with Crippen molar-refractivity contribution in [3.8, 4) is 0 Å². The first-order valence-electron chi connectivity index (χ1n) is 9.10. The number of hydrogen-bond acceptors (Lipinski definition) is 3. The summed E-state index contributed by atoms with van der Waals surface area (Å²) in [6, 6.07) is 0. The minimum atomic E-state index is -0.291. The summed E-state index contributed by atoms with van der Waals surface area (Å²) in [5.41, 5.74) is -0.0922. The van der Waals surface area contributed by atoms with Gasteiger partial charge in [0.05, 0.1) is 6.10 Å². The van der Waals surface area contributed by atoms with Gasteiger partial charge in [-0.1, -0.05) is 13.8 Å². The predicted octanol–water partition coefficient (Wildman–Crippen LogP) is 3.14. The van der Waals surface area contributed by atoms with Crippen LogP contribution in [0.3, 0.4) is 0 Å². The van der Waals surface area contributed by atoms with Gasteiger partial charge in [-0.25, -0.2) is 0 Å². The lowest BCUT2D eigenvalue weighted by molar-refractivity contribution is -0.160. The first-order valence-corrected chi connectivity index (χ1v) is 9.10. The SMILES string of the molecule is CC12CCC3C(CC(=O)C4CC(O)CCC43C)C1CCC2=O. The third-order valence-corrected chi connectivity index (χ3v) is 8.14. The number of carbonyl (C=O) groups excluding carboxylic acids is 2. The van der Waals surface area contributed by atoms with Gasteiger partial charge in [-0.2, -0.15) is 0 Å². The van der Waals surface area contributed by atoms with Gasteiger partial charge in [-0.3, -0.25) is 9.59 Å². The van der Waals surface area contributed by atoms with Gasteiger partial charge in [0.25, 0.3) is 0 Å². The minimum absolute atomic E-state index is 0.0546. The Balaban J connectivity index is 1.69. The number of Topliss-reactive ketones (excluding diaryl/α,β-unsaturated/α-hetero) is 2. The Morgan fingerprint density at radius 1 is 1.05 bits per heavy atom. The van der Waals surface area contributed by atoms with Crippen molar-refractivity contribution in [2.45, 2.75) is 71.3 Å². The molecule has 0 saturated heterocycles. The van der Waals surface area contributed by atoms with Crippen LogP contribution < -0.4 is 0 Å². The van der Waals surface area contributed by atoms with E-state index < -0.39 is 0 Å². The average molecular weight is 304 g/mol. The zero-order valence-electron chi connectivity index (χ0n) is 13.8. The second-order valence-corrected chi connectivity index (χ2v) is 8.95. The summed E-state index contributed by atoms with van der Waals surface area (Å²) in [5.74, 6) is 2.27. The highest BCUT2D eigenvalue weighted by Gasteiger charge is 2.62. The van der Waals surface area contributed by atoms with Crippen molar-refractivity contribution < 1.29 is 14.7 Å². The molecule has 7 atom stereocenters. The molecule has 0 bridgehead atoms. The lowest BCUT2D eigenvalue weighted by Crippen LogP contribution is -2.57. The van der Waals surface area contributed by atoms with Crippen LogP contribution in [0.2, 0.25) is 0 Å². The molecule has 7 unspecified atom stereocenters. The van der Waals surface area contributed by atoms with Crippen LogP contribution in [0.5, 0.6) is 0 Å². The molecule has 3 nitrogen and oxygen atoms in total. The number of hydrogen-bond donors (Lipinski definition) is 1. The highest BCUT2D eigenvalue weighted by molar-refractivity contribution is 5.88. The van der Waals surface area contributed by atoms with Gasteiger partial charge in [-0.05, 0) is 61.7 Å². The van der Waals surface area contributed by atoms with E-state index in [2.05, 4.69) is 13.8 Å². The van der Waals surface area contributed by atoms with Gasteiger partial charge < -0.3 is 5.11 Å². The van der Waals surface area contributed by atoms with Gasteiger partial charge in [0.1, 0.15) is 11.6 Å². The van der Waals surface area contributed by atoms with E-state index in [9.17, 15) is 14.7 Å². The Morgan fingerprint density at radius 3 is 2.59 bits per heavy atom. The number of aliphatic hydroxyl groups is 1. The molecule has 0 aromatic rings. The van der Waals surface area contributed by atoms with Gasteiger partial charge in [0.15, 0.2) is 0 Å². The molecule has 4 aliphatic carbocycles. The van der Waals surface area contributed by atoms with E-state index in [0.29, 0.717) is 42.2 Å². The van der Waals surface area contributed by atoms with Crippen LogP contribution in [-0.2, 0) is 9.59 Å². The summed E-state index contributed by atoms with van der Waals surface area (Å²) in [6.45, 7) is 4.46. The molecule has 4 saturated carbocycles. The molecule has 4 rings (SSSR count). The highest BCUT2D eigenvalue weighted by atomic mass is 16.3. The minimum Gasteiger partial charge on any atom is -0.393 e. The van der Waals surface area contributed by atoms with Crippen molar-refractivity contribution in [2.75, 3.05) is 0 Å². The zero-order valence-corrected chi connectivity index (χ0v) is 13.8. The highest BCUT2D eigenvalue weighted by Crippen LogP contribution is 2.64. The third kappa shape index (κ3) is 1.78. The van der Waals surface area contributed by atoms with Crippen LogP contribution in [0.1, 0.15) is 65.2 Å². The maximum atomic E-state index is 12.8. The van der Waals surface area contributed by atoms with E-state index in [1.165, 1.54) is 0 Å². The topological polar surface area (TPSA) is 54.4 Å². The molecule has 0 aromatic carbocycles. The van der Waals surface area contributed by atoms with Crippen LogP contribution in [0, 0.1) is 34.5 Å². The maximum Gasteiger partial charge on any atom is 0.139 e. The zero-order chi connectivity index (χ0) is 15.7. The van der Waals surface area contributed by atoms with Gasteiger partial charge >= 0.3 is 0 Å². The number of ketones is 2. The Morgan fingerprint density at radius 2 is 1.82 bits per heavy atom. The Kier molecular flexibility index (Phi) is 3.15. The first kappa shape index (κ1) is 14.9.